The summed E-state index contributed by atoms with van der Waals surface area (Å²) >= 11 is 0. The first-order valence-corrected chi connectivity index (χ1v) is 6.98. The molecule has 0 aliphatic heterocycles. The molecule has 0 aliphatic rings. The fourth-order valence-electron chi connectivity index (χ4n) is 1.98. The van der Waals surface area contributed by atoms with Gasteiger partial charge in [-0.15, -0.1) is 0 Å². The monoisotopic (exact) mass is 284 g/mol. The van der Waals surface area contributed by atoms with E-state index in [0.29, 0.717) is 19.4 Å². The van der Waals surface area contributed by atoms with Crippen molar-refractivity contribution in [1.29, 1.82) is 0 Å². The first-order chi connectivity index (χ1) is 10.2. The van der Waals surface area contributed by atoms with Crippen LogP contribution < -0.4 is 16.0 Å². The number of benzene rings is 2. The lowest BCUT2D eigenvalue weighted by Crippen LogP contribution is -2.29. The Hall–Kier alpha value is -2.33. The zero-order valence-electron chi connectivity index (χ0n) is 12.1. The number of hydrogen-bond donors (Lipinski definition) is 2. The Bertz CT molecular complexity index is 577. The smallest absolute Gasteiger partial charge is 0.234 e. The van der Waals surface area contributed by atoms with Crippen molar-refractivity contribution in [1.82, 2.24) is 5.43 Å². The first kappa shape index (κ1) is 15.1. The second-order valence-electron chi connectivity index (χ2n) is 4.91. The molecule has 2 aromatic rings. The molecule has 3 N–H and O–H groups in total. The Morgan fingerprint density at radius 2 is 1.62 bits per heavy atom. The van der Waals surface area contributed by atoms with Crippen LogP contribution in [-0.2, 0) is 4.79 Å². The molecule has 21 heavy (non-hydrogen) atoms. The zero-order valence-corrected chi connectivity index (χ0v) is 12.1. The topological polar surface area (TPSA) is 64.3 Å². The van der Waals surface area contributed by atoms with Crippen molar-refractivity contribution < 1.29 is 9.53 Å². The van der Waals surface area contributed by atoms with E-state index in [4.69, 9.17) is 10.6 Å². The first-order valence-electron chi connectivity index (χ1n) is 6.98. The molecule has 4 nitrogen and oxygen atoms in total. The van der Waals surface area contributed by atoms with E-state index in [1.165, 1.54) is 11.1 Å². The molecule has 0 atom stereocenters. The van der Waals surface area contributed by atoms with Crippen molar-refractivity contribution >= 4 is 5.91 Å². The summed E-state index contributed by atoms with van der Waals surface area (Å²) in [6.45, 7) is 2.57. The van der Waals surface area contributed by atoms with E-state index in [2.05, 4.69) is 36.6 Å². The Kier molecular flexibility index (Phi) is 5.35. The molecule has 0 bridgehead atoms. The SMILES string of the molecule is Cc1ccc(-c2ccc(OCCCC(=O)NN)cc2)cc1. The van der Waals surface area contributed by atoms with E-state index in [1.807, 2.05) is 24.3 Å². The van der Waals surface area contributed by atoms with Gasteiger partial charge >= 0.3 is 0 Å². The second kappa shape index (κ2) is 7.45. The van der Waals surface area contributed by atoms with Crippen LogP contribution >= 0.6 is 0 Å². The predicted octanol–water partition coefficient (Wildman–Crippen LogP) is 2.81. The van der Waals surface area contributed by atoms with Gasteiger partial charge in [0.1, 0.15) is 5.75 Å². The van der Waals surface area contributed by atoms with Gasteiger partial charge in [-0.05, 0) is 36.6 Å². The number of nitrogens with one attached hydrogen (secondary N) is 1. The molecule has 0 aliphatic carbocycles. The van der Waals surface area contributed by atoms with Crippen molar-refractivity contribution in [3.63, 3.8) is 0 Å². The molecule has 0 heterocycles. The summed E-state index contributed by atoms with van der Waals surface area (Å²) in [5.74, 6) is 5.64. The third-order valence-corrected chi connectivity index (χ3v) is 3.22. The van der Waals surface area contributed by atoms with E-state index in [-0.39, 0.29) is 5.91 Å². The average molecular weight is 284 g/mol. The van der Waals surface area contributed by atoms with Crippen LogP contribution in [0.3, 0.4) is 0 Å². The summed E-state index contributed by atoms with van der Waals surface area (Å²) in [5, 5.41) is 0. The Labute approximate surface area is 124 Å². The van der Waals surface area contributed by atoms with Gasteiger partial charge in [0.05, 0.1) is 6.61 Å². The maximum absolute atomic E-state index is 11.0. The normalized spacial score (nSPS) is 10.2. The standard InChI is InChI=1S/C17H20N2O2/c1-13-4-6-14(7-5-13)15-8-10-16(11-9-15)21-12-2-3-17(20)19-18/h4-11H,2-3,12,18H2,1H3,(H,19,20). The Morgan fingerprint density at radius 1 is 1.05 bits per heavy atom. The van der Waals surface area contributed by atoms with Crippen LogP contribution in [0.25, 0.3) is 11.1 Å². The summed E-state index contributed by atoms with van der Waals surface area (Å²) in [4.78, 5) is 11.0. The summed E-state index contributed by atoms with van der Waals surface area (Å²) < 4.78 is 5.59. The van der Waals surface area contributed by atoms with Crippen molar-refractivity contribution in [3.05, 3.63) is 54.1 Å². The van der Waals surface area contributed by atoms with Crippen molar-refractivity contribution in [2.45, 2.75) is 19.8 Å². The van der Waals surface area contributed by atoms with E-state index in [0.717, 1.165) is 11.3 Å². The molecule has 1 amide bonds. The van der Waals surface area contributed by atoms with Crippen LogP contribution in [0.1, 0.15) is 18.4 Å². The number of rotatable bonds is 6. The Morgan fingerprint density at radius 3 is 2.19 bits per heavy atom. The molecule has 2 aromatic carbocycles. The third kappa shape index (κ3) is 4.61. The highest BCUT2D eigenvalue weighted by Gasteiger charge is 2.00. The lowest BCUT2D eigenvalue weighted by Gasteiger charge is -2.07. The number of ether oxygens (including phenoxy) is 1. The molecule has 0 spiro atoms. The molecule has 0 saturated heterocycles. The van der Waals surface area contributed by atoms with Gasteiger partial charge in [-0.2, -0.15) is 0 Å². The molecule has 0 saturated carbocycles. The minimum absolute atomic E-state index is 0.173. The molecule has 2 rings (SSSR count). The van der Waals surface area contributed by atoms with E-state index >= 15 is 0 Å². The van der Waals surface area contributed by atoms with Crippen LogP contribution in [0.2, 0.25) is 0 Å². The minimum atomic E-state index is -0.173. The Balaban J connectivity index is 1.87. The molecule has 0 aromatic heterocycles. The lowest BCUT2D eigenvalue weighted by atomic mass is 10.0. The van der Waals surface area contributed by atoms with Gasteiger partial charge in [-0.3, -0.25) is 10.2 Å². The number of hydrazine groups is 1. The van der Waals surface area contributed by atoms with Crippen LogP contribution in [0.4, 0.5) is 0 Å². The number of carbonyl (C=O) groups is 1. The van der Waals surface area contributed by atoms with Crippen molar-refractivity contribution in [2.24, 2.45) is 5.84 Å². The van der Waals surface area contributed by atoms with E-state index in [9.17, 15) is 4.79 Å². The van der Waals surface area contributed by atoms with Gasteiger partial charge in [-0.25, -0.2) is 5.84 Å². The highest BCUT2D eigenvalue weighted by molar-refractivity contribution is 5.75. The summed E-state index contributed by atoms with van der Waals surface area (Å²) in [5.41, 5.74) is 5.69. The van der Waals surface area contributed by atoms with E-state index < -0.39 is 0 Å². The average Bonchev–Trinajstić information content (AvgIpc) is 2.52. The fourth-order valence-corrected chi connectivity index (χ4v) is 1.98. The van der Waals surface area contributed by atoms with Gasteiger partial charge in [-0.1, -0.05) is 42.0 Å². The quantitative estimate of drug-likeness (QED) is 0.371. The highest BCUT2D eigenvalue weighted by atomic mass is 16.5. The molecule has 0 unspecified atom stereocenters. The highest BCUT2D eigenvalue weighted by Crippen LogP contribution is 2.22. The van der Waals surface area contributed by atoms with Crippen LogP contribution in [0, 0.1) is 6.92 Å². The fraction of sp³-hybridized carbons (Fsp3) is 0.235. The van der Waals surface area contributed by atoms with Gasteiger partial charge in [0.2, 0.25) is 5.91 Å². The van der Waals surface area contributed by atoms with Gasteiger partial charge in [0.15, 0.2) is 0 Å². The summed E-state index contributed by atoms with van der Waals surface area (Å²) in [7, 11) is 0. The van der Waals surface area contributed by atoms with Crippen molar-refractivity contribution in [2.75, 3.05) is 6.61 Å². The van der Waals surface area contributed by atoms with Gasteiger partial charge in [0, 0.05) is 6.42 Å². The summed E-state index contributed by atoms with van der Waals surface area (Å²) in [6, 6.07) is 16.4. The lowest BCUT2D eigenvalue weighted by molar-refractivity contribution is -0.121. The van der Waals surface area contributed by atoms with Crippen LogP contribution in [0.5, 0.6) is 5.75 Å². The number of hydrogen-bond acceptors (Lipinski definition) is 3. The van der Waals surface area contributed by atoms with Gasteiger partial charge in [0.25, 0.3) is 0 Å². The predicted molar refractivity (Wildman–Crippen MR) is 83.7 cm³/mol. The van der Waals surface area contributed by atoms with E-state index in [1.54, 1.807) is 0 Å². The zero-order chi connectivity index (χ0) is 15.1. The van der Waals surface area contributed by atoms with Crippen LogP contribution in [-0.4, -0.2) is 12.5 Å². The second-order valence-corrected chi connectivity index (χ2v) is 4.91. The molecular weight excluding hydrogens is 264 g/mol. The molecular formula is C17H20N2O2. The number of aryl methyl sites for hydroxylation is 1. The maximum Gasteiger partial charge on any atom is 0.234 e. The largest absolute Gasteiger partial charge is 0.494 e. The van der Waals surface area contributed by atoms with Gasteiger partial charge < -0.3 is 4.74 Å². The molecule has 110 valence electrons. The minimum Gasteiger partial charge on any atom is -0.494 e. The molecule has 0 fully saturated rings. The third-order valence-electron chi connectivity index (χ3n) is 3.22. The molecule has 0 radical (unpaired) electrons. The number of amides is 1. The number of carbonyl (C=O) groups excluding carboxylic acids is 1. The summed E-state index contributed by atoms with van der Waals surface area (Å²) in [6.07, 6.45) is 1.01. The maximum atomic E-state index is 11.0. The van der Waals surface area contributed by atoms with Crippen LogP contribution in [0.15, 0.2) is 48.5 Å². The van der Waals surface area contributed by atoms with Crippen molar-refractivity contribution in [3.8, 4) is 16.9 Å². The number of nitrogens with two attached hydrogens (primary N) is 1. The molecule has 4 heteroatoms.